The zero-order valence-electron chi connectivity index (χ0n) is 7.12. The lowest BCUT2D eigenvalue weighted by Gasteiger charge is -2.44. The Morgan fingerprint density at radius 2 is 1.92 bits per heavy atom. The first-order chi connectivity index (χ1) is 5.27. The van der Waals surface area contributed by atoms with Gasteiger partial charge in [-0.2, -0.15) is 0 Å². The van der Waals surface area contributed by atoms with Crippen molar-refractivity contribution in [3.63, 3.8) is 0 Å². The number of hydrogen-bond donors (Lipinski definition) is 2. The highest BCUT2D eigenvalue weighted by atomic mass is 35.5. The van der Waals surface area contributed by atoms with E-state index in [1.54, 1.807) is 0 Å². The van der Waals surface area contributed by atoms with Gasteiger partial charge in [-0.25, -0.2) is 0 Å². The van der Waals surface area contributed by atoms with Crippen LogP contribution < -0.4 is 5.73 Å². The smallest absolute Gasteiger partial charge is 0.0952 e. The van der Waals surface area contributed by atoms with Crippen molar-refractivity contribution in [2.75, 3.05) is 19.6 Å². The zero-order chi connectivity index (χ0) is 7.84. The van der Waals surface area contributed by atoms with Gasteiger partial charge in [-0.1, -0.05) is 0 Å². The fourth-order valence-corrected chi connectivity index (χ4v) is 2.32. The van der Waals surface area contributed by atoms with Gasteiger partial charge in [-0.3, -0.25) is 5.41 Å². The molecule has 0 aromatic rings. The van der Waals surface area contributed by atoms with E-state index in [0.29, 0.717) is 11.8 Å². The maximum atomic E-state index is 7.39. The molecule has 3 heterocycles. The van der Waals surface area contributed by atoms with Crippen LogP contribution in [0.15, 0.2) is 0 Å². The molecule has 3 nitrogen and oxygen atoms in total. The van der Waals surface area contributed by atoms with Crippen LogP contribution in [0.5, 0.6) is 0 Å². The molecule has 3 aliphatic heterocycles. The monoisotopic (exact) mass is 189 g/mol. The lowest BCUT2D eigenvalue weighted by atomic mass is 9.78. The van der Waals surface area contributed by atoms with Crippen molar-refractivity contribution in [1.82, 2.24) is 4.90 Å². The zero-order valence-corrected chi connectivity index (χ0v) is 7.94. The van der Waals surface area contributed by atoms with Crippen LogP contribution in [0.3, 0.4) is 0 Å². The molecule has 3 rings (SSSR count). The minimum absolute atomic E-state index is 0. The van der Waals surface area contributed by atoms with E-state index >= 15 is 0 Å². The highest BCUT2D eigenvalue weighted by Crippen LogP contribution is 2.31. The summed E-state index contributed by atoms with van der Waals surface area (Å²) < 4.78 is 0. The fourth-order valence-electron chi connectivity index (χ4n) is 2.32. The molecular formula is C8H16ClN3. The average molecular weight is 190 g/mol. The van der Waals surface area contributed by atoms with E-state index in [-0.39, 0.29) is 12.4 Å². The summed E-state index contributed by atoms with van der Waals surface area (Å²) in [5, 5.41) is 7.39. The van der Waals surface area contributed by atoms with Gasteiger partial charge < -0.3 is 10.6 Å². The molecule has 1 atom stereocenters. The van der Waals surface area contributed by atoms with Crippen molar-refractivity contribution >= 4 is 18.2 Å². The summed E-state index contributed by atoms with van der Waals surface area (Å²) in [6.07, 6.45) is 2.51. The van der Waals surface area contributed by atoms with E-state index in [2.05, 4.69) is 4.90 Å². The third-order valence-electron chi connectivity index (χ3n) is 3.06. The summed E-state index contributed by atoms with van der Waals surface area (Å²) in [7, 11) is 0. The Balaban J connectivity index is 0.000000720. The second kappa shape index (κ2) is 3.62. The number of fused-ring (bicyclic) bond motifs is 3. The summed E-state index contributed by atoms with van der Waals surface area (Å²) >= 11 is 0. The second-order valence-electron chi connectivity index (χ2n) is 3.70. The van der Waals surface area contributed by atoms with Gasteiger partial charge in [0.25, 0.3) is 0 Å². The molecule has 3 fully saturated rings. The van der Waals surface area contributed by atoms with Crippen LogP contribution in [0.1, 0.15) is 12.8 Å². The molecule has 2 bridgehead atoms. The van der Waals surface area contributed by atoms with Crippen molar-refractivity contribution in [2.45, 2.75) is 12.8 Å². The Kier molecular flexibility index (Phi) is 2.96. The molecule has 0 spiro atoms. The van der Waals surface area contributed by atoms with Crippen molar-refractivity contribution in [3.8, 4) is 0 Å². The summed E-state index contributed by atoms with van der Waals surface area (Å²) in [5.41, 5.74) is 5.51. The summed E-state index contributed by atoms with van der Waals surface area (Å²) in [4.78, 5) is 2.42. The molecule has 3 N–H and O–H groups in total. The molecule has 0 aromatic carbocycles. The van der Waals surface area contributed by atoms with Crippen LogP contribution >= 0.6 is 12.4 Å². The Bertz CT molecular complexity index is 175. The number of amidine groups is 1. The van der Waals surface area contributed by atoms with Crippen molar-refractivity contribution in [1.29, 1.82) is 5.41 Å². The quantitative estimate of drug-likeness (QED) is 0.471. The summed E-state index contributed by atoms with van der Waals surface area (Å²) in [6, 6.07) is 0. The Hall–Kier alpha value is -0.280. The largest absolute Gasteiger partial charge is 0.387 e. The van der Waals surface area contributed by atoms with Crippen LogP contribution in [0.25, 0.3) is 0 Å². The molecule has 3 aliphatic rings. The van der Waals surface area contributed by atoms with Gasteiger partial charge in [0.1, 0.15) is 0 Å². The predicted octanol–water partition coefficient (Wildman–Crippen LogP) is 0.686. The highest BCUT2D eigenvalue weighted by Gasteiger charge is 2.35. The van der Waals surface area contributed by atoms with Gasteiger partial charge in [0.15, 0.2) is 0 Å². The molecule has 0 aliphatic carbocycles. The van der Waals surface area contributed by atoms with Crippen LogP contribution in [0, 0.1) is 17.2 Å². The molecule has 3 saturated heterocycles. The fraction of sp³-hybridized carbons (Fsp3) is 0.875. The highest BCUT2D eigenvalue weighted by molar-refractivity contribution is 5.85. The van der Waals surface area contributed by atoms with E-state index < -0.39 is 0 Å². The van der Waals surface area contributed by atoms with E-state index in [1.165, 1.54) is 25.9 Å². The standard InChI is InChI=1S/C8H15N3.ClH/c9-8(10)7-5-11-3-1-6(7)2-4-11;/h6-7H,1-5H2,(H3,9,10);1H. The summed E-state index contributed by atoms with van der Waals surface area (Å²) in [6.45, 7) is 3.50. The molecule has 0 aromatic heterocycles. The first-order valence-corrected chi connectivity index (χ1v) is 4.33. The first-order valence-electron chi connectivity index (χ1n) is 4.33. The third-order valence-corrected chi connectivity index (χ3v) is 3.06. The van der Waals surface area contributed by atoms with Gasteiger partial charge >= 0.3 is 0 Å². The molecule has 1 unspecified atom stereocenters. The number of nitrogens with one attached hydrogen (secondary N) is 1. The number of hydrogen-bond acceptors (Lipinski definition) is 2. The van der Waals surface area contributed by atoms with Crippen LogP contribution in [-0.2, 0) is 0 Å². The molecule has 12 heavy (non-hydrogen) atoms. The van der Waals surface area contributed by atoms with Crippen LogP contribution in [0.2, 0.25) is 0 Å². The molecular weight excluding hydrogens is 174 g/mol. The maximum Gasteiger partial charge on any atom is 0.0952 e. The van der Waals surface area contributed by atoms with Crippen molar-refractivity contribution in [3.05, 3.63) is 0 Å². The minimum atomic E-state index is 0. The molecule has 0 amide bonds. The molecule has 0 saturated carbocycles. The number of nitrogens with two attached hydrogens (primary N) is 1. The lowest BCUT2D eigenvalue weighted by Crippen LogP contribution is -2.51. The molecule has 0 radical (unpaired) electrons. The number of piperidine rings is 3. The normalized spacial score (nSPS) is 38.8. The number of nitrogens with zero attached hydrogens (tertiary/aromatic N) is 1. The Morgan fingerprint density at radius 1 is 1.33 bits per heavy atom. The van der Waals surface area contributed by atoms with E-state index in [0.717, 1.165) is 12.5 Å². The molecule has 70 valence electrons. The predicted molar refractivity (Wildman–Crippen MR) is 51.8 cm³/mol. The lowest BCUT2D eigenvalue weighted by molar-refractivity contribution is 0.0812. The maximum absolute atomic E-state index is 7.39. The second-order valence-corrected chi connectivity index (χ2v) is 3.70. The van der Waals surface area contributed by atoms with Gasteiger partial charge in [-0.15, -0.1) is 12.4 Å². The van der Waals surface area contributed by atoms with E-state index in [1.807, 2.05) is 0 Å². The third kappa shape index (κ3) is 1.57. The van der Waals surface area contributed by atoms with E-state index in [4.69, 9.17) is 11.1 Å². The average Bonchev–Trinajstić information content (AvgIpc) is 2.06. The van der Waals surface area contributed by atoms with Crippen molar-refractivity contribution in [2.24, 2.45) is 17.6 Å². The van der Waals surface area contributed by atoms with Crippen LogP contribution in [-0.4, -0.2) is 30.4 Å². The van der Waals surface area contributed by atoms with Gasteiger partial charge in [0.05, 0.1) is 5.84 Å². The Morgan fingerprint density at radius 3 is 2.17 bits per heavy atom. The van der Waals surface area contributed by atoms with Gasteiger partial charge in [-0.05, 0) is 31.8 Å². The van der Waals surface area contributed by atoms with Gasteiger partial charge in [0, 0.05) is 12.5 Å². The van der Waals surface area contributed by atoms with E-state index in [9.17, 15) is 0 Å². The number of rotatable bonds is 1. The minimum Gasteiger partial charge on any atom is -0.387 e. The Labute approximate surface area is 79.2 Å². The van der Waals surface area contributed by atoms with Gasteiger partial charge in [0.2, 0.25) is 0 Å². The van der Waals surface area contributed by atoms with Crippen LogP contribution in [0.4, 0.5) is 0 Å². The summed E-state index contributed by atoms with van der Waals surface area (Å²) in [5.74, 6) is 1.49. The topological polar surface area (TPSA) is 53.1 Å². The number of halogens is 1. The van der Waals surface area contributed by atoms with Crippen molar-refractivity contribution < 1.29 is 0 Å². The first kappa shape index (κ1) is 9.81. The molecule has 4 heteroatoms. The SMILES string of the molecule is Cl.N=C(N)C1CN2CCC1CC2.